The third-order valence-corrected chi connectivity index (χ3v) is 5.05. The molecule has 8 heteroatoms. The fraction of sp³-hybridized carbons (Fsp3) is 0.300. The summed E-state index contributed by atoms with van der Waals surface area (Å²) in [5, 5.41) is 5.32. The maximum atomic E-state index is 6.63. The Morgan fingerprint density at radius 1 is 1.18 bits per heavy atom. The van der Waals surface area contributed by atoms with E-state index < -0.39 is 5.79 Å². The summed E-state index contributed by atoms with van der Waals surface area (Å²) in [5.74, 6) is 0.238. The van der Waals surface area contributed by atoms with Gasteiger partial charge in [-0.25, -0.2) is 9.67 Å². The number of hydrogen-bond donors (Lipinski definition) is 0. The quantitative estimate of drug-likeness (QED) is 0.578. The van der Waals surface area contributed by atoms with E-state index in [-0.39, 0.29) is 6.10 Å². The number of nitrogens with zero attached hydrogens (tertiary/aromatic N) is 3. The van der Waals surface area contributed by atoms with E-state index in [0.29, 0.717) is 34.7 Å². The van der Waals surface area contributed by atoms with Crippen LogP contribution >= 0.6 is 23.2 Å². The summed E-state index contributed by atoms with van der Waals surface area (Å²) in [7, 11) is 0. The lowest BCUT2D eigenvalue weighted by molar-refractivity contribution is -0.306. The van der Waals surface area contributed by atoms with Crippen LogP contribution in [-0.4, -0.2) is 27.5 Å². The van der Waals surface area contributed by atoms with Crippen LogP contribution in [0.15, 0.2) is 55.1 Å². The molecule has 1 aliphatic heterocycles. The molecule has 1 aliphatic rings. The highest BCUT2D eigenvalue weighted by Crippen LogP contribution is 2.40. The Morgan fingerprint density at radius 2 is 1.96 bits per heavy atom. The molecule has 1 aromatic heterocycles. The largest absolute Gasteiger partial charge is 0.457 e. The van der Waals surface area contributed by atoms with Crippen LogP contribution in [0.3, 0.4) is 0 Å². The molecular weight excluding hydrogens is 401 g/mol. The highest BCUT2D eigenvalue weighted by molar-refractivity contribution is 6.31. The number of hydrogen-bond acceptors (Lipinski definition) is 5. The van der Waals surface area contributed by atoms with Crippen LogP contribution in [0.4, 0.5) is 0 Å². The van der Waals surface area contributed by atoms with E-state index in [9.17, 15) is 0 Å². The van der Waals surface area contributed by atoms with Gasteiger partial charge in [-0.15, -0.1) is 0 Å². The molecule has 0 aliphatic carbocycles. The predicted octanol–water partition coefficient (Wildman–Crippen LogP) is 5.06. The lowest BCUT2D eigenvalue weighted by atomic mass is 10.0. The first kappa shape index (κ1) is 19.2. The van der Waals surface area contributed by atoms with Crippen LogP contribution < -0.4 is 4.74 Å². The van der Waals surface area contributed by atoms with Gasteiger partial charge in [-0.1, -0.05) is 23.2 Å². The number of halogens is 2. The minimum absolute atomic E-state index is 0.0262. The highest BCUT2D eigenvalue weighted by Gasteiger charge is 2.41. The van der Waals surface area contributed by atoms with Crippen molar-refractivity contribution in [1.29, 1.82) is 0 Å². The lowest BCUT2D eigenvalue weighted by Gasteiger charge is -2.40. The topological polar surface area (TPSA) is 58.4 Å². The fourth-order valence-electron chi connectivity index (χ4n) is 3.15. The zero-order chi connectivity index (χ0) is 19.6. The van der Waals surface area contributed by atoms with Crippen LogP contribution in [0, 0.1) is 0 Å². The van der Waals surface area contributed by atoms with Crippen LogP contribution in [0.1, 0.15) is 18.9 Å². The number of aromatic nitrogens is 3. The predicted molar refractivity (Wildman–Crippen MR) is 106 cm³/mol. The Morgan fingerprint density at radius 3 is 2.64 bits per heavy atom. The van der Waals surface area contributed by atoms with Crippen LogP contribution in [0.25, 0.3) is 0 Å². The molecule has 146 valence electrons. The minimum Gasteiger partial charge on any atom is -0.457 e. The number of ether oxygens (including phenoxy) is 3. The molecule has 1 saturated heterocycles. The van der Waals surface area contributed by atoms with Gasteiger partial charge in [0.15, 0.2) is 0 Å². The Bertz CT molecular complexity index is 934. The summed E-state index contributed by atoms with van der Waals surface area (Å²) in [6.07, 6.45) is 3.94. The van der Waals surface area contributed by atoms with Crippen molar-refractivity contribution in [2.75, 3.05) is 6.61 Å². The Balaban J connectivity index is 1.63. The summed E-state index contributed by atoms with van der Waals surface area (Å²) < 4.78 is 19.9. The summed E-state index contributed by atoms with van der Waals surface area (Å²) in [6, 6.07) is 12.6. The van der Waals surface area contributed by atoms with Gasteiger partial charge in [-0.3, -0.25) is 0 Å². The SMILES string of the molecule is CC1CCOC(Cn2cncn2)(c2ccc(Oc3ccc(Cl)cc3)cc2Cl)O1. The highest BCUT2D eigenvalue weighted by atomic mass is 35.5. The number of benzene rings is 2. The fourth-order valence-corrected chi connectivity index (χ4v) is 3.59. The van der Waals surface area contributed by atoms with Crippen molar-refractivity contribution in [2.45, 2.75) is 31.8 Å². The van der Waals surface area contributed by atoms with Gasteiger partial charge in [0.2, 0.25) is 5.79 Å². The van der Waals surface area contributed by atoms with Crippen molar-refractivity contribution < 1.29 is 14.2 Å². The summed E-state index contributed by atoms with van der Waals surface area (Å²) >= 11 is 12.5. The second kappa shape index (κ2) is 8.09. The molecule has 2 unspecified atom stereocenters. The summed E-state index contributed by atoms with van der Waals surface area (Å²) in [5.41, 5.74) is 0.722. The van der Waals surface area contributed by atoms with Crippen molar-refractivity contribution in [3.05, 3.63) is 70.7 Å². The Labute approximate surface area is 173 Å². The van der Waals surface area contributed by atoms with Gasteiger partial charge in [0, 0.05) is 10.6 Å². The van der Waals surface area contributed by atoms with Gasteiger partial charge in [-0.2, -0.15) is 5.10 Å². The van der Waals surface area contributed by atoms with Crippen molar-refractivity contribution in [1.82, 2.24) is 14.8 Å². The first-order chi connectivity index (χ1) is 13.5. The average Bonchev–Trinajstić information content (AvgIpc) is 3.16. The second-order valence-electron chi connectivity index (χ2n) is 6.61. The van der Waals surface area contributed by atoms with Gasteiger partial charge >= 0.3 is 0 Å². The maximum Gasteiger partial charge on any atom is 0.216 e. The first-order valence-electron chi connectivity index (χ1n) is 8.92. The first-order valence-corrected chi connectivity index (χ1v) is 9.67. The van der Waals surface area contributed by atoms with E-state index >= 15 is 0 Å². The van der Waals surface area contributed by atoms with E-state index in [1.165, 1.54) is 6.33 Å². The minimum atomic E-state index is -1.04. The molecule has 0 saturated carbocycles. The number of rotatable bonds is 5. The van der Waals surface area contributed by atoms with Crippen molar-refractivity contribution in [3.63, 3.8) is 0 Å². The van der Waals surface area contributed by atoms with Gasteiger partial charge in [-0.05, 0) is 55.8 Å². The Hall–Kier alpha value is -2.12. The monoisotopic (exact) mass is 419 g/mol. The van der Waals surface area contributed by atoms with Gasteiger partial charge < -0.3 is 14.2 Å². The summed E-state index contributed by atoms with van der Waals surface area (Å²) in [4.78, 5) is 4.00. The van der Waals surface area contributed by atoms with Gasteiger partial charge in [0.05, 0.1) is 17.7 Å². The molecule has 3 aromatic rings. The van der Waals surface area contributed by atoms with E-state index in [4.69, 9.17) is 37.4 Å². The zero-order valence-corrected chi connectivity index (χ0v) is 16.7. The molecule has 0 amide bonds. The molecule has 2 heterocycles. The molecule has 6 nitrogen and oxygen atoms in total. The molecule has 0 N–H and O–H groups in total. The molecule has 0 bridgehead atoms. The van der Waals surface area contributed by atoms with E-state index in [0.717, 1.165) is 12.0 Å². The molecule has 28 heavy (non-hydrogen) atoms. The van der Waals surface area contributed by atoms with Crippen LogP contribution in [0.2, 0.25) is 10.0 Å². The zero-order valence-electron chi connectivity index (χ0n) is 15.2. The molecule has 0 spiro atoms. The molecule has 1 fully saturated rings. The molecule has 0 radical (unpaired) electrons. The third kappa shape index (κ3) is 4.15. The normalized spacial score (nSPS) is 22.2. The van der Waals surface area contributed by atoms with Crippen molar-refractivity contribution in [3.8, 4) is 11.5 Å². The second-order valence-corrected chi connectivity index (χ2v) is 7.45. The molecule has 2 atom stereocenters. The molecule has 2 aromatic carbocycles. The maximum absolute atomic E-state index is 6.63. The van der Waals surface area contributed by atoms with E-state index in [1.807, 2.05) is 19.1 Å². The van der Waals surface area contributed by atoms with Crippen molar-refractivity contribution >= 4 is 23.2 Å². The third-order valence-electron chi connectivity index (χ3n) is 4.49. The average molecular weight is 420 g/mol. The summed E-state index contributed by atoms with van der Waals surface area (Å²) in [6.45, 7) is 2.92. The van der Waals surface area contributed by atoms with Crippen LogP contribution in [-0.2, 0) is 21.8 Å². The van der Waals surface area contributed by atoms with Crippen LogP contribution in [0.5, 0.6) is 11.5 Å². The van der Waals surface area contributed by atoms with Gasteiger partial charge in [0.1, 0.15) is 30.7 Å². The van der Waals surface area contributed by atoms with Gasteiger partial charge in [0.25, 0.3) is 0 Å². The van der Waals surface area contributed by atoms with Crippen molar-refractivity contribution in [2.24, 2.45) is 0 Å². The standard InChI is InChI=1S/C20H19Cl2N3O3/c1-14-8-9-26-20(28-14,11-25-13-23-12-24-25)18-7-6-17(10-19(18)22)27-16-4-2-15(21)3-5-16/h2-7,10,12-14H,8-9,11H2,1H3. The lowest BCUT2D eigenvalue weighted by Crippen LogP contribution is -2.45. The smallest absolute Gasteiger partial charge is 0.216 e. The Kier molecular flexibility index (Phi) is 5.55. The van der Waals surface area contributed by atoms with E-state index in [1.54, 1.807) is 41.3 Å². The molecular formula is C20H19Cl2N3O3. The van der Waals surface area contributed by atoms with E-state index in [2.05, 4.69) is 10.1 Å². The molecule has 4 rings (SSSR count).